The van der Waals surface area contributed by atoms with Crippen LogP contribution in [0.3, 0.4) is 0 Å². The van der Waals surface area contributed by atoms with E-state index in [1.165, 1.54) is 23.5 Å². The van der Waals surface area contributed by atoms with E-state index in [1.807, 2.05) is 19.1 Å². The fraction of sp³-hybridized carbons (Fsp3) is 0.208. The van der Waals surface area contributed by atoms with Gasteiger partial charge in [0.25, 0.3) is 15.9 Å². The van der Waals surface area contributed by atoms with Crippen molar-refractivity contribution < 1.29 is 22.7 Å². The number of sulfonamides is 1. The molecule has 3 aromatic carbocycles. The van der Waals surface area contributed by atoms with E-state index >= 15 is 0 Å². The number of amides is 1. The average Bonchev–Trinajstić information content (AvgIpc) is 2.82. The molecule has 0 aliphatic carbocycles. The third kappa shape index (κ3) is 4.91. The minimum Gasteiger partial charge on any atom is -0.497 e. The number of anilines is 1. The molecule has 0 aromatic heterocycles. The topological polar surface area (TPSA) is 84.9 Å². The molecule has 0 bridgehead atoms. The van der Waals surface area contributed by atoms with Crippen molar-refractivity contribution in [1.82, 2.24) is 5.32 Å². The lowest BCUT2D eigenvalue weighted by Gasteiger charge is -2.35. The van der Waals surface area contributed by atoms with Gasteiger partial charge in [0.15, 0.2) is 6.10 Å². The fourth-order valence-electron chi connectivity index (χ4n) is 3.51. The Balaban J connectivity index is 1.61. The van der Waals surface area contributed by atoms with Crippen LogP contribution >= 0.6 is 11.6 Å². The highest BCUT2D eigenvalue weighted by Gasteiger charge is 2.37. The smallest absolute Gasteiger partial charge is 0.264 e. The number of hydrogen-bond acceptors (Lipinski definition) is 5. The van der Waals surface area contributed by atoms with Crippen LogP contribution in [0.25, 0.3) is 0 Å². The molecule has 0 saturated carbocycles. The largest absolute Gasteiger partial charge is 0.497 e. The Morgan fingerprint density at radius 3 is 2.48 bits per heavy atom. The number of nitrogens with one attached hydrogen (secondary N) is 1. The first-order valence-electron chi connectivity index (χ1n) is 10.2. The maximum atomic E-state index is 13.5. The van der Waals surface area contributed by atoms with Gasteiger partial charge >= 0.3 is 0 Å². The van der Waals surface area contributed by atoms with Crippen LogP contribution in [0.2, 0.25) is 5.02 Å². The molecular formula is C24H23ClN2O5S. The summed E-state index contributed by atoms with van der Waals surface area (Å²) in [7, 11) is -2.44. The van der Waals surface area contributed by atoms with Crippen LogP contribution in [0.4, 0.5) is 5.69 Å². The van der Waals surface area contributed by atoms with E-state index in [2.05, 4.69) is 5.32 Å². The Hall–Kier alpha value is -3.23. The lowest BCUT2D eigenvalue weighted by atomic mass is 10.1. The molecule has 1 heterocycles. The summed E-state index contributed by atoms with van der Waals surface area (Å²) < 4.78 is 39.3. The second kappa shape index (κ2) is 9.33. The van der Waals surface area contributed by atoms with E-state index in [1.54, 1.807) is 42.5 Å². The van der Waals surface area contributed by atoms with Crippen LogP contribution in [0.5, 0.6) is 11.5 Å². The number of aryl methyl sites for hydroxylation is 1. The molecule has 1 N–H and O–H groups in total. The minimum atomic E-state index is -3.95. The Kier molecular flexibility index (Phi) is 6.49. The lowest BCUT2D eigenvalue weighted by Crippen LogP contribution is -2.50. The van der Waals surface area contributed by atoms with Gasteiger partial charge in [0.1, 0.15) is 11.5 Å². The highest BCUT2D eigenvalue weighted by Crippen LogP contribution is 2.38. The molecule has 1 aliphatic heterocycles. The van der Waals surface area contributed by atoms with Crippen LogP contribution in [0.1, 0.15) is 11.1 Å². The molecule has 7 nitrogen and oxygen atoms in total. The molecule has 172 valence electrons. The summed E-state index contributed by atoms with van der Waals surface area (Å²) in [6.45, 7) is 1.98. The highest BCUT2D eigenvalue weighted by atomic mass is 35.5. The van der Waals surface area contributed by atoms with Gasteiger partial charge in [0.2, 0.25) is 0 Å². The monoisotopic (exact) mass is 486 g/mol. The Morgan fingerprint density at radius 2 is 1.82 bits per heavy atom. The van der Waals surface area contributed by atoms with Crippen molar-refractivity contribution >= 4 is 33.2 Å². The Morgan fingerprint density at radius 1 is 1.12 bits per heavy atom. The molecule has 0 saturated heterocycles. The Bertz CT molecular complexity index is 1260. The molecule has 1 unspecified atom stereocenters. The van der Waals surface area contributed by atoms with Crippen LogP contribution in [-0.4, -0.2) is 34.1 Å². The Labute approximate surface area is 197 Å². The summed E-state index contributed by atoms with van der Waals surface area (Å²) in [6, 6.07) is 18.4. The van der Waals surface area contributed by atoms with E-state index < -0.39 is 22.0 Å². The number of carbonyl (C=O) groups excluding carboxylic acids is 1. The fourth-order valence-corrected chi connectivity index (χ4v) is 5.11. The summed E-state index contributed by atoms with van der Waals surface area (Å²) in [6.07, 6.45) is -1.01. The van der Waals surface area contributed by atoms with Gasteiger partial charge in [-0.2, -0.15) is 0 Å². The predicted molar refractivity (Wildman–Crippen MR) is 126 cm³/mol. The lowest BCUT2D eigenvalue weighted by molar-refractivity contribution is -0.127. The SMILES string of the molecule is COc1ccc(S(=O)(=O)N2CC(C(=O)NCc3ccc(Cl)cc3)Oc3cc(C)ccc32)cc1. The number of halogens is 1. The summed E-state index contributed by atoms with van der Waals surface area (Å²) in [5, 5.41) is 3.42. The first kappa shape index (κ1) is 22.9. The van der Waals surface area contributed by atoms with Gasteiger partial charge in [0, 0.05) is 11.6 Å². The molecule has 3 aromatic rings. The standard InChI is InChI=1S/C24H23ClN2O5S/c1-16-3-12-21-22(13-16)32-23(24(28)26-14-17-4-6-18(25)7-5-17)15-27(21)33(29,30)20-10-8-19(31-2)9-11-20/h3-13,23H,14-15H2,1-2H3,(H,26,28). The number of hydrogen-bond donors (Lipinski definition) is 1. The van der Waals surface area contributed by atoms with Crippen LogP contribution in [0.15, 0.2) is 71.6 Å². The molecule has 1 amide bonds. The van der Waals surface area contributed by atoms with Gasteiger partial charge < -0.3 is 14.8 Å². The second-order valence-electron chi connectivity index (χ2n) is 7.63. The van der Waals surface area contributed by atoms with Gasteiger partial charge in [-0.05, 0) is 66.6 Å². The van der Waals surface area contributed by atoms with E-state index in [4.69, 9.17) is 21.1 Å². The quantitative estimate of drug-likeness (QED) is 0.570. The van der Waals surface area contributed by atoms with Gasteiger partial charge in [-0.3, -0.25) is 9.10 Å². The van der Waals surface area contributed by atoms with Gasteiger partial charge in [-0.25, -0.2) is 8.42 Å². The predicted octanol–water partition coefficient (Wildman–Crippen LogP) is 3.93. The molecule has 0 radical (unpaired) electrons. The maximum absolute atomic E-state index is 13.5. The minimum absolute atomic E-state index is 0.0945. The van der Waals surface area contributed by atoms with E-state index in [0.717, 1.165) is 11.1 Å². The molecule has 0 fully saturated rings. The van der Waals surface area contributed by atoms with Crippen LogP contribution in [-0.2, 0) is 21.4 Å². The third-order valence-corrected chi connectivity index (χ3v) is 7.35. The molecule has 1 atom stereocenters. The number of carbonyl (C=O) groups is 1. The summed E-state index contributed by atoms with van der Waals surface area (Å²) in [5.74, 6) is 0.475. The van der Waals surface area contributed by atoms with Gasteiger partial charge in [-0.15, -0.1) is 0 Å². The molecule has 4 rings (SSSR count). The molecule has 0 spiro atoms. The van der Waals surface area contributed by atoms with E-state index in [0.29, 0.717) is 22.2 Å². The zero-order valence-corrected chi connectivity index (χ0v) is 19.7. The van der Waals surface area contributed by atoms with Crippen molar-refractivity contribution in [2.45, 2.75) is 24.5 Å². The van der Waals surface area contributed by atoms with Crippen molar-refractivity contribution in [3.8, 4) is 11.5 Å². The van der Waals surface area contributed by atoms with E-state index in [-0.39, 0.29) is 18.0 Å². The van der Waals surface area contributed by atoms with Gasteiger partial charge in [0.05, 0.1) is 24.2 Å². The van der Waals surface area contributed by atoms with Gasteiger partial charge in [-0.1, -0.05) is 29.8 Å². The number of ether oxygens (including phenoxy) is 2. The first-order chi connectivity index (χ1) is 15.8. The van der Waals surface area contributed by atoms with Crippen LogP contribution < -0.4 is 19.1 Å². The number of benzene rings is 3. The zero-order chi connectivity index (χ0) is 23.6. The van der Waals surface area contributed by atoms with E-state index in [9.17, 15) is 13.2 Å². The molecular weight excluding hydrogens is 464 g/mol. The number of fused-ring (bicyclic) bond motifs is 1. The summed E-state index contributed by atoms with van der Waals surface area (Å²) in [4.78, 5) is 13.0. The highest BCUT2D eigenvalue weighted by molar-refractivity contribution is 7.92. The second-order valence-corrected chi connectivity index (χ2v) is 9.93. The van der Waals surface area contributed by atoms with Crippen molar-refractivity contribution in [3.63, 3.8) is 0 Å². The zero-order valence-electron chi connectivity index (χ0n) is 18.1. The maximum Gasteiger partial charge on any atom is 0.264 e. The van der Waals surface area contributed by atoms with Crippen LogP contribution in [0, 0.1) is 6.92 Å². The average molecular weight is 487 g/mol. The number of methoxy groups -OCH3 is 1. The van der Waals surface area contributed by atoms with Crippen molar-refractivity contribution in [2.75, 3.05) is 18.0 Å². The molecule has 33 heavy (non-hydrogen) atoms. The summed E-state index contributed by atoms with van der Waals surface area (Å²) in [5.41, 5.74) is 2.14. The first-order valence-corrected chi connectivity index (χ1v) is 12.1. The van der Waals surface area contributed by atoms with Crippen molar-refractivity contribution in [3.05, 3.63) is 82.9 Å². The number of rotatable bonds is 6. The van der Waals surface area contributed by atoms with Crippen molar-refractivity contribution in [2.24, 2.45) is 0 Å². The van der Waals surface area contributed by atoms with Crippen molar-refractivity contribution in [1.29, 1.82) is 0 Å². The molecule has 1 aliphatic rings. The number of nitrogens with zero attached hydrogens (tertiary/aromatic N) is 1. The third-order valence-electron chi connectivity index (χ3n) is 5.30. The normalized spacial score (nSPS) is 15.4. The molecule has 9 heteroatoms. The summed E-state index contributed by atoms with van der Waals surface area (Å²) >= 11 is 5.91.